The zero-order valence-corrected chi connectivity index (χ0v) is 8.06. The fourth-order valence-corrected chi connectivity index (χ4v) is 1.85. The molecule has 0 aromatic carbocycles. The normalized spacial score (nSPS) is 27.2. The van der Waals surface area contributed by atoms with E-state index in [9.17, 15) is 5.11 Å². The minimum absolute atomic E-state index is 0.162. The second kappa shape index (κ2) is 4.37. The van der Waals surface area contributed by atoms with Gasteiger partial charge in [-0.3, -0.25) is 0 Å². The van der Waals surface area contributed by atoms with Gasteiger partial charge in [-0.2, -0.15) is 0 Å². The molecule has 14 heavy (non-hydrogen) atoms. The Kier molecular flexibility index (Phi) is 2.93. The van der Waals surface area contributed by atoms with Gasteiger partial charge in [-0.25, -0.2) is 9.97 Å². The first-order chi connectivity index (χ1) is 6.84. The van der Waals surface area contributed by atoms with Crippen LogP contribution in [-0.2, 0) is 0 Å². The Balaban J connectivity index is 1.91. The van der Waals surface area contributed by atoms with E-state index < -0.39 is 0 Å². The van der Waals surface area contributed by atoms with Gasteiger partial charge in [0.2, 0.25) is 5.95 Å². The molecule has 4 heteroatoms. The maximum absolute atomic E-state index is 9.48. The molecule has 1 fully saturated rings. The van der Waals surface area contributed by atoms with Crippen LogP contribution in [0.1, 0.15) is 25.7 Å². The van der Waals surface area contributed by atoms with Gasteiger partial charge in [-0.1, -0.05) is 0 Å². The van der Waals surface area contributed by atoms with Crippen molar-refractivity contribution in [1.29, 1.82) is 0 Å². The highest BCUT2D eigenvalue weighted by atomic mass is 16.3. The largest absolute Gasteiger partial charge is 0.393 e. The first kappa shape index (κ1) is 9.40. The minimum Gasteiger partial charge on any atom is -0.393 e. The summed E-state index contributed by atoms with van der Waals surface area (Å²) in [5.41, 5.74) is 0. The summed E-state index contributed by atoms with van der Waals surface area (Å²) >= 11 is 0. The molecule has 0 radical (unpaired) electrons. The second-order valence-electron chi connectivity index (χ2n) is 3.73. The maximum atomic E-state index is 9.48. The van der Waals surface area contributed by atoms with Gasteiger partial charge in [-0.15, -0.1) is 0 Å². The second-order valence-corrected chi connectivity index (χ2v) is 3.73. The van der Waals surface area contributed by atoms with Crippen LogP contribution in [0.25, 0.3) is 0 Å². The Morgan fingerprint density at radius 3 is 2.79 bits per heavy atom. The Hall–Kier alpha value is -1.16. The first-order valence-electron chi connectivity index (χ1n) is 5.06. The Morgan fingerprint density at radius 2 is 2.07 bits per heavy atom. The molecule has 76 valence electrons. The molecule has 2 N–H and O–H groups in total. The van der Waals surface area contributed by atoms with Crippen molar-refractivity contribution >= 4 is 5.95 Å². The summed E-state index contributed by atoms with van der Waals surface area (Å²) in [4.78, 5) is 8.19. The lowest BCUT2D eigenvalue weighted by Crippen LogP contribution is -2.30. The summed E-state index contributed by atoms with van der Waals surface area (Å²) in [5.74, 6) is 0.659. The van der Waals surface area contributed by atoms with E-state index in [2.05, 4.69) is 15.3 Å². The molecule has 1 aliphatic rings. The highest BCUT2D eigenvalue weighted by Crippen LogP contribution is 2.20. The molecule has 0 saturated heterocycles. The van der Waals surface area contributed by atoms with Crippen molar-refractivity contribution in [3.05, 3.63) is 18.5 Å². The third-order valence-electron chi connectivity index (χ3n) is 2.55. The summed E-state index contributed by atoms with van der Waals surface area (Å²) in [6, 6.07) is 2.11. The van der Waals surface area contributed by atoms with E-state index in [1.807, 2.05) is 0 Å². The number of nitrogens with zero attached hydrogens (tertiary/aromatic N) is 2. The lowest BCUT2D eigenvalue weighted by molar-refractivity contribution is 0.124. The zero-order chi connectivity index (χ0) is 9.80. The monoisotopic (exact) mass is 193 g/mol. The molecule has 1 heterocycles. The first-order valence-corrected chi connectivity index (χ1v) is 5.06. The van der Waals surface area contributed by atoms with Gasteiger partial charge < -0.3 is 10.4 Å². The minimum atomic E-state index is -0.162. The SMILES string of the molecule is O[C@H]1CCC[C@@H](Nc2ncccn2)C1. The van der Waals surface area contributed by atoms with Crippen LogP contribution in [0.2, 0.25) is 0 Å². The highest BCUT2D eigenvalue weighted by molar-refractivity contribution is 5.24. The van der Waals surface area contributed by atoms with Crippen LogP contribution in [0, 0.1) is 0 Å². The lowest BCUT2D eigenvalue weighted by atomic mass is 9.93. The van der Waals surface area contributed by atoms with E-state index >= 15 is 0 Å². The molecule has 0 bridgehead atoms. The number of rotatable bonds is 2. The predicted molar refractivity (Wildman–Crippen MR) is 53.9 cm³/mol. The smallest absolute Gasteiger partial charge is 0.222 e. The molecule has 0 amide bonds. The number of hydrogen-bond acceptors (Lipinski definition) is 4. The van der Waals surface area contributed by atoms with Crippen LogP contribution >= 0.6 is 0 Å². The van der Waals surface area contributed by atoms with E-state index in [4.69, 9.17) is 0 Å². The molecule has 1 saturated carbocycles. The molecule has 1 aromatic rings. The van der Waals surface area contributed by atoms with Gasteiger partial charge in [0.15, 0.2) is 0 Å². The number of anilines is 1. The number of hydrogen-bond donors (Lipinski definition) is 2. The Bertz CT molecular complexity index is 278. The average Bonchev–Trinajstić information content (AvgIpc) is 2.19. The van der Waals surface area contributed by atoms with Crippen molar-refractivity contribution in [3.8, 4) is 0 Å². The molecule has 0 aliphatic heterocycles. The van der Waals surface area contributed by atoms with Crippen LogP contribution < -0.4 is 5.32 Å². The summed E-state index contributed by atoms with van der Waals surface area (Å²) in [7, 11) is 0. The number of aliphatic hydroxyl groups is 1. The van der Waals surface area contributed by atoms with Crippen LogP contribution in [-0.4, -0.2) is 27.2 Å². The fraction of sp³-hybridized carbons (Fsp3) is 0.600. The molecular formula is C10H15N3O. The van der Waals surface area contributed by atoms with Gasteiger partial charge in [0, 0.05) is 18.4 Å². The van der Waals surface area contributed by atoms with Crippen LogP contribution in [0.15, 0.2) is 18.5 Å². The summed E-state index contributed by atoms with van der Waals surface area (Å²) in [5, 5.41) is 12.7. The third-order valence-corrected chi connectivity index (χ3v) is 2.55. The van der Waals surface area contributed by atoms with E-state index in [0.717, 1.165) is 25.7 Å². The number of aromatic nitrogens is 2. The van der Waals surface area contributed by atoms with Crippen molar-refractivity contribution in [1.82, 2.24) is 9.97 Å². The van der Waals surface area contributed by atoms with Crippen molar-refractivity contribution in [2.75, 3.05) is 5.32 Å². The van der Waals surface area contributed by atoms with Crippen molar-refractivity contribution in [2.45, 2.75) is 37.8 Å². The van der Waals surface area contributed by atoms with Gasteiger partial charge in [0.25, 0.3) is 0 Å². The van der Waals surface area contributed by atoms with Crippen molar-refractivity contribution < 1.29 is 5.11 Å². The molecule has 0 unspecified atom stereocenters. The summed E-state index contributed by atoms with van der Waals surface area (Å²) < 4.78 is 0. The molecule has 4 nitrogen and oxygen atoms in total. The quantitative estimate of drug-likeness (QED) is 0.740. The van der Waals surface area contributed by atoms with Gasteiger partial charge in [0.05, 0.1) is 6.10 Å². The van der Waals surface area contributed by atoms with Gasteiger partial charge >= 0.3 is 0 Å². The lowest BCUT2D eigenvalue weighted by Gasteiger charge is -2.26. The maximum Gasteiger partial charge on any atom is 0.222 e. The van der Waals surface area contributed by atoms with Gasteiger partial charge in [-0.05, 0) is 31.7 Å². The fourth-order valence-electron chi connectivity index (χ4n) is 1.85. The van der Waals surface area contributed by atoms with E-state index in [1.54, 1.807) is 18.5 Å². The summed E-state index contributed by atoms with van der Waals surface area (Å²) in [6.07, 6.45) is 7.17. The van der Waals surface area contributed by atoms with E-state index in [-0.39, 0.29) is 6.10 Å². The van der Waals surface area contributed by atoms with Gasteiger partial charge in [0.1, 0.15) is 0 Å². The molecule has 2 atom stereocenters. The van der Waals surface area contributed by atoms with Crippen molar-refractivity contribution in [3.63, 3.8) is 0 Å². The van der Waals surface area contributed by atoms with Crippen LogP contribution in [0.3, 0.4) is 0 Å². The number of nitrogens with one attached hydrogen (secondary N) is 1. The van der Waals surface area contributed by atoms with E-state index in [1.165, 1.54) is 0 Å². The Morgan fingerprint density at radius 1 is 1.29 bits per heavy atom. The van der Waals surface area contributed by atoms with E-state index in [0.29, 0.717) is 12.0 Å². The average molecular weight is 193 g/mol. The molecule has 1 aromatic heterocycles. The zero-order valence-electron chi connectivity index (χ0n) is 8.06. The molecule has 0 spiro atoms. The number of aliphatic hydroxyl groups excluding tert-OH is 1. The predicted octanol–water partition coefficient (Wildman–Crippen LogP) is 1.19. The van der Waals surface area contributed by atoms with Crippen molar-refractivity contribution in [2.24, 2.45) is 0 Å². The summed E-state index contributed by atoms with van der Waals surface area (Å²) in [6.45, 7) is 0. The molecular weight excluding hydrogens is 178 g/mol. The Labute approximate surface area is 83.4 Å². The molecule has 1 aliphatic carbocycles. The third kappa shape index (κ3) is 2.42. The standard InChI is InChI=1S/C10H15N3O/c14-9-4-1-3-8(7-9)13-10-11-5-2-6-12-10/h2,5-6,8-9,14H,1,3-4,7H2,(H,11,12,13)/t8-,9+/m1/s1. The molecule has 2 rings (SSSR count). The topological polar surface area (TPSA) is 58.0 Å². The highest BCUT2D eigenvalue weighted by Gasteiger charge is 2.20. The van der Waals surface area contributed by atoms with Crippen LogP contribution in [0.4, 0.5) is 5.95 Å². The van der Waals surface area contributed by atoms with Crippen LogP contribution in [0.5, 0.6) is 0 Å².